The molecule has 142 valence electrons. The summed E-state index contributed by atoms with van der Waals surface area (Å²) in [5.74, 6) is 0.915. The molecular formula is C20H24N4O3. The molecule has 27 heavy (non-hydrogen) atoms. The fourth-order valence-electron chi connectivity index (χ4n) is 4.73. The second-order valence-corrected chi connectivity index (χ2v) is 7.74. The molecule has 0 radical (unpaired) electrons. The van der Waals surface area contributed by atoms with Gasteiger partial charge in [-0.3, -0.25) is 19.1 Å². The molecule has 7 heteroatoms. The van der Waals surface area contributed by atoms with E-state index in [0.29, 0.717) is 11.8 Å². The average molecular weight is 368 g/mol. The van der Waals surface area contributed by atoms with Gasteiger partial charge in [-0.25, -0.2) is 4.79 Å². The third kappa shape index (κ3) is 3.07. The number of nitrogens with one attached hydrogen (secondary N) is 1. The lowest BCUT2D eigenvalue weighted by Crippen LogP contribution is -2.42. The van der Waals surface area contributed by atoms with Crippen molar-refractivity contribution in [3.63, 3.8) is 0 Å². The maximum Gasteiger partial charge on any atom is 0.330 e. The fourth-order valence-corrected chi connectivity index (χ4v) is 4.73. The topological polar surface area (TPSA) is 101 Å². The zero-order valence-corrected chi connectivity index (χ0v) is 15.4. The van der Waals surface area contributed by atoms with Crippen molar-refractivity contribution in [2.75, 3.05) is 17.7 Å². The van der Waals surface area contributed by atoms with Gasteiger partial charge in [0.15, 0.2) is 5.69 Å². The minimum atomic E-state index is -0.624. The summed E-state index contributed by atoms with van der Waals surface area (Å²) < 4.78 is 1.30. The van der Waals surface area contributed by atoms with Crippen LogP contribution in [-0.2, 0) is 11.3 Å². The zero-order chi connectivity index (χ0) is 19.1. The van der Waals surface area contributed by atoms with Gasteiger partial charge in [0, 0.05) is 13.0 Å². The highest BCUT2D eigenvalue weighted by Gasteiger charge is 2.44. The number of fused-ring (bicyclic) bond motifs is 2. The number of benzene rings is 1. The summed E-state index contributed by atoms with van der Waals surface area (Å²) >= 11 is 0. The van der Waals surface area contributed by atoms with Gasteiger partial charge in [0.25, 0.3) is 5.56 Å². The summed E-state index contributed by atoms with van der Waals surface area (Å²) in [7, 11) is 1.58. The van der Waals surface area contributed by atoms with Crippen LogP contribution < -0.4 is 21.9 Å². The number of H-pyrrole nitrogens is 1. The number of anilines is 2. The monoisotopic (exact) mass is 368 g/mol. The molecule has 2 aliphatic carbocycles. The largest absolute Gasteiger partial charge is 0.383 e. The lowest BCUT2D eigenvalue weighted by atomic mass is 9.88. The molecule has 0 aliphatic heterocycles. The highest BCUT2D eigenvalue weighted by Crippen LogP contribution is 2.49. The molecule has 4 rings (SSSR count). The maximum absolute atomic E-state index is 13.0. The predicted octanol–water partition coefficient (Wildman–Crippen LogP) is 1.57. The molecule has 0 spiro atoms. The van der Waals surface area contributed by atoms with Gasteiger partial charge in [0.1, 0.15) is 5.82 Å². The standard InChI is InChI=1S/C20H24N4O3/c1-23(19(26)15-10-13-7-8-14(15)9-13)16-17(21)24(20(27)22-18(16)25)11-12-5-3-2-4-6-12/h2-6,13-15H,7-11,21H2,1H3,(H,22,25,27). The van der Waals surface area contributed by atoms with Crippen molar-refractivity contribution >= 4 is 17.4 Å². The summed E-state index contributed by atoms with van der Waals surface area (Å²) in [5, 5.41) is 0. The van der Waals surface area contributed by atoms with Gasteiger partial charge in [0.2, 0.25) is 5.91 Å². The molecule has 2 aliphatic rings. The fraction of sp³-hybridized carbons (Fsp3) is 0.450. The Kier molecular flexibility index (Phi) is 4.37. The summed E-state index contributed by atoms with van der Waals surface area (Å²) in [4.78, 5) is 41.4. The highest BCUT2D eigenvalue weighted by molar-refractivity contribution is 5.97. The summed E-state index contributed by atoms with van der Waals surface area (Å²) in [6, 6.07) is 9.37. The summed E-state index contributed by atoms with van der Waals surface area (Å²) in [6.45, 7) is 0.228. The van der Waals surface area contributed by atoms with Gasteiger partial charge >= 0.3 is 5.69 Å². The molecular weight excluding hydrogens is 344 g/mol. The van der Waals surface area contributed by atoms with E-state index in [1.165, 1.54) is 15.9 Å². The summed E-state index contributed by atoms with van der Waals surface area (Å²) in [6.07, 6.45) is 4.26. The van der Waals surface area contributed by atoms with Gasteiger partial charge in [0.05, 0.1) is 6.54 Å². The normalized spacial score (nSPS) is 23.5. The number of hydrogen-bond donors (Lipinski definition) is 2. The van der Waals surface area contributed by atoms with Crippen LogP contribution in [0.2, 0.25) is 0 Å². The number of rotatable bonds is 4. The minimum Gasteiger partial charge on any atom is -0.383 e. The Bertz CT molecular complexity index is 979. The number of hydrogen-bond acceptors (Lipinski definition) is 4. The SMILES string of the molecule is CN(C(=O)C1CC2CCC1C2)c1c(N)n(Cc2ccccc2)c(=O)[nH]c1=O. The van der Waals surface area contributed by atoms with Crippen molar-refractivity contribution < 1.29 is 4.79 Å². The first kappa shape index (κ1) is 17.6. The maximum atomic E-state index is 13.0. The Balaban J connectivity index is 1.68. The van der Waals surface area contributed by atoms with Crippen molar-refractivity contribution in [2.24, 2.45) is 17.8 Å². The number of carbonyl (C=O) groups is 1. The minimum absolute atomic E-state index is 0.0200. The number of amides is 1. The molecule has 2 aromatic rings. The van der Waals surface area contributed by atoms with Crippen LogP contribution in [0, 0.1) is 17.8 Å². The number of aromatic nitrogens is 2. The van der Waals surface area contributed by atoms with E-state index in [4.69, 9.17) is 5.73 Å². The quantitative estimate of drug-likeness (QED) is 0.855. The van der Waals surface area contributed by atoms with E-state index in [2.05, 4.69) is 4.98 Å². The van der Waals surface area contributed by atoms with Crippen LogP contribution in [0.1, 0.15) is 31.2 Å². The third-order valence-corrected chi connectivity index (χ3v) is 6.12. The number of nitrogens with two attached hydrogens (primary N) is 1. The van der Waals surface area contributed by atoms with Gasteiger partial charge in [-0.2, -0.15) is 0 Å². The van der Waals surface area contributed by atoms with Crippen molar-refractivity contribution in [3.8, 4) is 0 Å². The van der Waals surface area contributed by atoms with Crippen molar-refractivity contribution in [2.45, 2.75) is 32.2 Å². The van der Waals surface area contributed by atoms with Crippen LogP contribution in [-0.4, -0.2) is 22.5 Å². The van der Waals surface area contributed by atoms with Crippen LogP contribution in [0.4, 0.5) is 11.5 Å². The Morgan fingerprint density at radius 3 is 2.59 bits per heavy atom. The third-order valence-electron chi connectivity index (χ3n) is 6.12. The average Bonchev–Trinajstić information content (AvgIpc) is 3.28. The first-order chi connectivity index (χ1) is 13.0. The second-order valence-electron chi connectivity index (χ2n) is 7.74. The van der Waals surface area contributed by atoms with Gasteiger partial charge in [-0.1, -0.05) is 36.8 Å². The first-order valence-electron chi connectivity index (χ1n) is 9.39. The molecule has 3 unspecified atom stereocenters. The Morgan fingerprint density at radius 1 is 1.22 bits per heavy atom. The highest BCUT2D eigenvalue weighted by atomic mass is 16.2. The molecule has 3 atom stereocenters. The van der Waals surface area contributed by atoms with Gasteiger partial charge in [-0.15, -0.1) is 0 Å². The van der Waals surface area contributed by atoms with E-state index in [1.54, 1.807) is 7.05 Å². The molecule has 2 bridgehead atoms. The Hall–Kier alpha value is -2.83. The van der Waals surface area contributed by atoms with E-state index >= 15 is 0 Å². The number of nitrogen functional groups attached to an aromatic ring is 1. The number of carbonyl (C=O) groups excluding carboxylic acids is 1. The van der Waals surface area contributed by atoms with Crippen molar-refractivity contribution in [3.05, 3.63) is 56.7 Å². The smallest absolute Gasteiger partial charge is 0.330 e. The van der Waals surface area contributed by atoms with Gasteiger partial charge in [-0.05, 0) is 36.7 Å². The summed E-state index contributed by atoms with van der Waals surface area (Å²) in [5.41, 5.74) is 5.93. The molecule has 2 saturated carbocycles. The molecule has 0 saturated heterocycles. The van der Waals surface area contributed by atoms with E-state index < -0.39 is 11.2 Å². The van der Waals surface area contributed by atoms with Crippen LogP contribution >= 0.6 is 0 Å². The predicted molar refractivity (Wildman–Crippen MR) is 104 cm³/mol. The Labute approximate surface area is 156 Å². The molecule has 3 N–H and O–H groups in total. The molecule has 7 nitrogen and oxygen atoms in total. The molecule has 1 heterocycles. The first-order valence-corrected chi connectivity index (χ1v) is 9.39. The molecule has 1 aromatic heterocycles. The molecule has 1 amide bonds. The molecule has 1 aromatic carbocycles. The van der Waals surface area contributed by atoms with Gasteiger partial charge < -0.3 is 10.6 Å². The van der Waals surface area contributed by atoms with E-state index in [-0.39, 0.29) is 29.9 Å². The lowest BCUT2D eigenvalue weighted by Gasteiger charge is -2.27. The van der Waals surface area contributed by atoms with Crippen molar-refractivity contribution in [1.29, 1.82) is 0 Å². The molecule has 2 fully saturated rings. The van der Waals surface area contributed by atoms with E-state index in [1.807, 2.05) is 30.3 Å². The van der Waals surface area contributed by atoms with E-state index in [0.717, 1.165) is 24.8 Å². The Morgan fingerprint density at radius 2 is 1.96 bits per heavy atom. The zero-order valence-electron chi connectivity index (χ0n) is 15.4. The number of aromatic amines is 1. The van der Waals surface area contributed by atoms with Crippen molar-refractivity contribution in [1.82, 2.24) is 9.55 Å². The second kappa shape index (κ2) is 6.72. The van der Waals surface area contributed by atoms with E-state index in [9.17, 15) is 14.4 Å². The number of nitrogens with zero attached hydrogens (tertiary/aromatic N) is 2. The van der Waals surface area contributed by atoms with Crippen LogP contribution in [0.25, 0.3) is 0 Å². The van der Waals surface area contributed by atoms with Crippen LogP contribution in [0.15, 0.2) is 39.9 Å². The van der Waals surface area contributed by atoms with Crippen LogP contribution in [0.3, 0.4) is 0 Å². The lowest BCUT2D eigenvalue weighted by molar-refractivity contribution is -0.123. The van der Waals surface area contributed by atoms with Crippen LogP contribution in [0.5, 0.6) is 0 Å².